The molecule has 0 saturated heterocycles. The van der Waals surface area contributed by atoms with Gasteiger partial charge in [0.1, 0.15) is 9.86 Å². The van der Waals surface area contributed by atoms with Crippen LogP contribution < -0.4 is 10.0 Å². The van der Waals surface area contributed by atoms with E-state index in [-0.39, 0.29) is 0 Å². The number of hydrogen-bond acceptors (Lipinski definition) is 5. The van der Waals surface area contributed by atoms with Crippen LogP contribution >= 0.6 is 11.3 Å². The summed E-state index contributed by atoms with van der Waals surface area (Å²) in [5.41, 5.74) is 5.41. The number of nitrogens with zero attached hydrogens (tertiary/aromatic N) is 2. The van der Waals surface area contributed by atoms with Gasteiger partial charge in [0, 0.05) is 36.0 Å². The topological polar surface area (TPSA) is 96.2 Å². The number of fused-ring (bicyclic) bond motifs is 2. The van der Waals surface area contributed by atoms with Gasteiger partial charge < -0.3 is 15.0 Å². The number of aryl methyl sites for hydroxylation is 2. The molecule has 176 valence electrons. The van der Waals surface area contributed by atoms with E-state index in [1.165, 1.54) is 16.9 Å². The zero-order valence-corrected chi connectivity index (χ0v) is 20.8. The molecule has 7 nitrogen and oxygen atoms in total. The van der Waals surface area contributed by atoms with Gasteiger partial charge in [0.05, 0.1) is 11.3 Å². The molecule has 1 unspecified atom stereocenters. The summed E-state index contributed by atoms with van der Waals surface area (Å²) in [6.07, 6.45) is 6.68. The summed E-state index contributed by atoms with van der Waals surface area (Å²) in [6.45, 7) is 3.34. The summed E-state index contributed by atoms with van der Waals surface area (Å²) >= 11 is 1.24. The number of aromatic nitrogens is 2. The molecular formula is C25H26N4O3S2. The maximum atomic E-state index is 12.9. The second kappa shape index (κ2) is 8.65. The van der Waals surface area contributed by atoms with Gasteiger partial charge in [-0.3, -0.25) is 4.72 Å². The molecule has 9 heteroatoms. The Kier molecular flexibility index (Phi) is 5.79. The number of nitrogens with one attached hydrogen (secondary N) is 2. The van der Waals surface area contributed by atoms with Gasteiger partial charge in [0.15, 0.2) is 11.0 Å². The minimum absolute atomic E-state index is 0.476. The quantitative estimate of drug-likeness (QED) is 0.369. The van der Waals surface area contributed by atoms with Crippen molar-refractivity contribution in [1.82, 2.24) is 14.3 Å². The summed E-state index contributed by atoms with van der Waals surface area (Å²) in [4.78, 5) is 17.5. The number of carbonyl (C=O) groups is 1. The Balaban J connectivity index is 1.43. The lowest BCUT2D eigenvalue weighted by molar-refractivity contribution is 0.0789. The van der Waals surface area contributed by atoms with Crippen molar-refractivity contribution in [3.8, 4) is 11.1 Å². The summed E-state index contributed by atoms with van der Waals surface area (Å²) in [6, 6.07) is 9.37. The number of carbonyl (C=O) groups excluding carboxylic acids is 1. The number of urea groups is 1. The molecule has 5 rings (SSSR count). The lowest BCUT2D eigenvalue weighted by atomic mass is 9.98. The van der Waals surface area contributed by atoms with Crippen LogP contribution in [0.25, 0.3) is 22.2 Å². The monoisotopic (exact) mass is 494 g/mol. The van der Waals surface area contributed by atoms with E-state index >= 15 is 0 Å². The molecule has 1 aromatic carbocycles. The number of thiophene rings is 1. The highest BCUT2D eigenvalue weighted by Crippen LogP contribution is 2.38. The normalized spacial score (nSPS) is 14.2. The van der Waals surface area contributed by atoms with Crippen LogP contribution in [-0.2, 0) is 36.5 Å². The van der Waals surface area contributed by atoms with Crippen LogP contribution in [0.2, 0.25) is 0 Å². The molecular weight excluding hydrogens is 468 g/mol. The fourth-order valence-electron chi connectivity index (χ4n) is 4.36. The van der Waals surface area contributed by atoms with Crippen molar-refractivity contribution in [2.24, 2.45) is 7.05 Å². The van der Waals surface area contributed by atoms with Crippen molar-refractivity contribution in [1.29, 1.82) is 0 Å². The Labute approximate surface area is 204 Å². The first-order chi connectivity index (χ1) is 16.2. The number of benzene rings is 1. The average molecular weight is 495 g/mol. The van der Waals surface area contributed by atoms with Crippen molar-refractivity contribution in [3.05, 3.63) is 64.8 Å². The maximum Gasteiger partial charge on any atom is 0.331 e. The highest BCUT2D eigenvalue weighted by Gasteiger charge is 2.23. The first-order valence-corrected chi connectivity index (χ1v) is 13.1. The van der Waals surface area contributed by atoms with Crippen molar-refractivity contribution < 1.29 is 14.1 Å². The van der Waals surface area contributed by atoms with E-state index in [1.807, 2.05) is 36.1 Å². The third-order valence-corrected chi connectivity index (χ3v) is 8.51. The van der Waals surface area contributed by atoms with Crippen molar-refractivity contribution in [2.45, 2.75) is 42.9 Å². The highest BCUT2D eigenvalue weighted by molar-refractivity contribution is 7.86. The van der Waals surface area contributed by atoms with E-state index in [9.17, 15) is 14.1 Å². The Morgan fingerprint density at radius 3 is 2.82 bits per heavy atom. The molecule has 0 fully saturated rings. The van der Waals surface area contributed by atoms with Gasteiger partial charge in [0.2, 0.25) is 0 Å². The molecule has 34 heavy (non-hydrogen) atoms. The van der Waals surface area contributed by atoms with E-state index in [0.717, 1.165) is 52.7 Å². The first kappa shape index (κ1) is 22.8. The first-order valence-electron chi connectivity index (χ1n) is 11.1. The van der Waals surface area contributed by atoms with Crippen molar-refractivity contribution >= 4 is 45.1 Å². The SMILES string of the molecule is Cn1ccc2cc(-c3ccc4c(c3NC(=O)NS(=O)c3cc(C(C)(C)O)cs3)CCC4)cnc21. The predicted molar refractivity (Wildman–Crippen MR) is 136 cm³/mol. The third-order valence-electron chi connectivity index (χ3n) is 6.19. The number of hydrogen-bond donors (Lipinski definition) is 3. The highest BCUT2D eigenvalue weighted by atomic mass is 32.2. The zero-order chi connectivity index (χ0) is 24.0. The van der Waals surface area contributed by atoms with E-state index < -0.39 is 22.6 Å². The molecule has 0 saturated carbocycles. The standard InChI is InChI=1S/C25H26N4O3S2/c1-25(2,31)18-12-21(33-14-18)34(32)28-24(30)27-22-19-6-4-5-15(19)7-8-20(22)17-11-16-9-10-29(3)23(16)26-13-17/h7-14,31H,4-6H2,1-3H3,(H2,27,28,30). The van der Waals surface area contributed by atoms with Gasteiger partial charge >= 0.3 is 6.03 Å². The van der Waals surface area contributed by atoms with Crippen molar-refractivity contribution in [2.75, 3.05) is 5.32 Å². The third kappa shape index (κ3) is 4.26. The number of pyridine rings is 1. The van der Waals surface area contributed by atoms with E-state index in [4.69, 9.17) is 0 Å². The summed E-state index contributed by atoms with van der Waals surface area (Å²) < 4.78 is 17.8. The fourth-order valence-corrected chi connectivity index (χ4v) is 6.33. The lowest BCUT2D eigenvalue weighted by Gasteiger charge is -2.16. The van der Waals surface area contributed by atoms with Crippen LogP contribution in [0, 0.1) is 0 Å². The van der Waals surface area contributed by atoms with Crippen LogP contribution in [0.3, 0.4) is 0 Å². The molecule has 1 aliphatic rings. The molecule has 0 spiro atoms. The van der Waals surface area contributed by atoms with E-state index in [2.05, 4.69) is 27.2 Å². The molecule has 1 aliphatic carbocycles. The van der Waals surface area contributed by atoms with Gasteiger partial charge in [-0.2, -0.15) is 0 Å². The smallest absolute Gasteiger partial charge is 0.331 e. The molecule has 0 radical (unpaired) electrons. The summed E-state index contributed by atoms with van der Waals surface area (Å²) in [5, 5.41) is 15.9. The summed E-state index contributed by atoms with van der Waals surface area (Å²) in [7, 11) is 0.222. The van der Waals surface area contributed by atoms with Gasteiger partial charge in [-0.25, -0.2) is 14.0 Å². The van der Waals surface area contributed by atoms with Crippen LogP contribution in [0.15, 0.2) is 52.3 Å². The molecule has 0 bridgehead atoms. The molecule has 4 aromatic rings. The number of amides is 2. The Morgan fingerprint density at radius 1 is 1.24 bits per heavy atom. The van der Waals surface area contributed by atoms with Crippen molar-refractivity contribution in [3.63, 3.8) is 0 Å². The van der Waals surface area contributed by atoms with Crippen LogP contribution in [0.5, 0.6) is 0 Å². The molecule has 3 N–H and O–H groups in total. The Hall–Kier alpha value is -3.01. The Morgan fingerprint density at radius 2 is 2.06 bits per heavy atom. The van der Waals surface area contributed by atoms with Gasteiger partial charge in [0.25, 0.3) is 0 Å². The van der Waals surface area contributed by atoms with Crippen LogP contribution in [-0.4, -0.2) is 24.9 Å². The fraction of sp³-hybridized carbons (Fsp3) is 0.280. The van der Waals surface area contributed by atoms with Crippen LogP contribution in [0.4, 0.5) is 10.5 Å². The largest absolute Gasteiger partial charge is 0.386 e. The predicted octanol–water partition coefficient (Wildman–Crippen LogP) is 4.86. The van der Waals surface area contributed by atoms with E-state index in [1.54, 1.807) is 25.3 Å². The van der Waals surface area contributed by atoms with Crippen LogP contribution in [0.1, 0.15) is 37.0 Å². The van der Waals surface area contributed by atoms with Gasteiger partial charge in [-0.05, 0) is 73.4 Å². The second-order valence-corrected chi connectivity index (χ2v) is 11.4. The Bertz CT molecular complexity index is 1430. The van der Waals surface area contributed by atoms with Gasteiger partial charge in [-0.1, -0.05) is 12.1 Å². The minimum atomic E-state index is -1.74. The van der Waals surface area contributed by atoms with E-state index in [0.29, 0.717) is 9.77 Å². The maximum absolute atomic E-state index is 12.9. The second-order valence-electron chi connectivity index (χ2n) is 9.08. The molecule has 2 amide bonds. The summed E-state index contributed by atoms with van der Waals surface area (Å²) in [5.74, 6) is 0. The molecule has 1 atom stereocenters. The number of anilines is 1. The minimum Gasteiger partial charge on any atom is -0.386 e. The molecule has 0 aliphatic heterocycles. The molecule has 3 heterocycles. The number of aliphatic hydroxyl groups is 1. The lowest BCUT2D eigenvalue weighted by Crippen LogP contribution is -2.30. The molecule has 3 aromatic heterocycles. The number of rotatable bonds is 5. The zero-order valence-electron chi connectivity index (χ0n) is 19.2. The van der Waals surface area contributed by atoms with Gasteiger partial charge in [-0.15, -0.1) is 11.3 Å². The average Bonchev–Trinajstić information content (AvgIpc) is 3.53.